The van der Waals surface area contributed by atoms with Gasteiger partial charge in [-0.05, 0) is 50.6 Å². The van der Waals surface area contributed by atoms with Crippen LogP contribution in [0.5, 0.6) is 5.75 Å². The van der Waals surface area contributed by atoms with E-state index < -0.39 is 28.9 Å². The van der Waals surface area contributed by atoms with Crippen molar-refractivity contribution < 1.29 is 23.1 Å². The Bertz CT molecular complexity index is 851. The molecule has 0 fully saturated rings. The summed E-state index contributed by atoms with van der Waals surface area (Å²) in [5.41, 5.74) is -0.0705. The molecule has 0 aliphatic rings. The van der Waals surface area contributed by atoms with Gasteiger partial charge in [0, 0.05) is 11.8 Å². The molecule has 7 heteroatoms. The highest BCUT2D eigenvalue weighted by Gasteiger charge is 2.36. The summed E-state index contributed by atoms with van der Waals surface area (Å²) in [6.45, 7) is 4.72. The molecule has 0 heterocycles. The summed E-state index contributed by atoms with van der Waals surface area (Å²) in [7, 11) is 1.47. The molecule has 0 aliphatic carbocycles. The highest BCUT2D eigenvalue weighted by atomic mass is 19.2. The molecule has 2 rings (SSSR count). The van der Waals surface area contributed by atoms with Gasteiger partial charge in [-0.1, -0.05) is 6.07 Å². The summed E-state index contributed by atoms with van der Waals surface area (Å²) in [5, 5.41) is 5.09. The fraction of sp³-hybridized carbons (Fsp3) is 0.263. The van der Waals surface area contributed by atoms with E-state index >= 15 is 0 Å². The van der Waals surface area contributed by atoms with Crippen molar-refractivity contribution in [3.8, 4) is 5.75 Å². The number of aryl methyl sites for hydroxylation is 1. The molecule has 2 amide bonds. The summed E-state index contributed by atoms with van der Waals surface area (Å²) in [4.78, 5) is 25.1. The van der Waals surface area contributed by atoms with Crippen molar-refractivity contribution in [2.45, 2.75) is 20.8 Å². The average Bonchev–Trinajstić information content (AvgIpc) is 2.58. The van der Waals surface area contributed by atoms with E-state index in [1.54, 1.807) is 12.1 Å². The van der Waals surface area contributed by atoms with Crippen molar-refractivity contribution in [2.75, 3.05) is 17.7 Å². The van der Waals surface area contributed by atoms with Crippen molar-refractivity contribution in [3.63, 3.8) is 0 Å². The number of hydrogen-bond acceptors (Lipinski definition) is 3. The van der Waals surface area contributed by atoms with Crippen LogP contribution < -0.4 is 15.4 Å². The minimum absolute atomic E-state index is 0.0583. The first-order valence-corrected chi connectivity index (χ1v) is 7.87. The molecule has 0 aliphatic heterocycles. The Labute approximate surface area is 150 Å². The SMILES string of the molecule is COc1ccc(C)cc1NC(=O)C(C)(C)C(=O)Nc1ccc(F)c(F)c1. The molecule has 0 unspecified atom stereocenters. The van der Waals surface area contributed by atoms with E-state index in [1.807, 2.05) is 13.0 Å². The van der Waals surface area contributed by atoms with Gasteiger partial charge in [0.2, 0.25) is 11.8 Å². The highest BCUT2D eigenvalue weighted by Crippen LogP contribution is 2.28. The monoisotopic (exact) mass is 362 g/mol. The molecule has 138 valence electrons. The maximum Gasteiger partial charge on any atom is 0.239 e. The van der Waals surface area contributed by atoms with Crippen LogP contribution in [0, 0.1) is 24.0 Å². The molecule has 0 radical (unpaired) electrons. The van der Waals surface area contributed by atoms with Crippen molar-refractivity contribution in [1.82, 2.24) is 0 Å². The van der Waals surface area contributed by atoms with Crippen molar-refractivity contribution in [1.29, 1.82) is 0 Å². The quantitative estimate of drug-likeness (QED) is 0.793. The maximum absolute atomic E-state index is 13.3. The average molecular weight is 362 g/mol. The topological polar surface area (TPSA) is 67.4 Å². The second-order valence-electron chi connectivity index (χ2n) is 6.37. The standard InChI is InChI=1S/C19H20F2N2O3/c1-11-5-8-16(26-4)15(9-11)23-18(25)19(2,3)17(24)22-12-6-7-13(20)14(21)10-12/h5-10H,1-4H3,(H,22,24)(H,23,25). The predicted molar refractivity (Wildman–Crippen MR) is 95.1 cm³/mol. The molecule has 2 aromatic rings. The van der Waals surface area contributed by atoms with E-state index in [0.29, 0.717) is 11.4 Å². The van der Waals surface area contributed by atoms with Gasteiger partial charge in [0.05, 0.1) is 12.8 Å². The normalized spacial score (nSPS) is 11.0. The minimum atomic E-state index is -1.47. The van der Waals surface area contributed by atoms with Crippen LogP contribution in [0.25, 0.3) is 0 Å². The summed E-state index contributed by atoms with van der Waals surface area (Å²) >= 11 is 0. The summed E-state index contributed by atoms with van der Waals surface area (Å²) in [5.74, 6) is -2.88. The zero-order valence-corrected chi connectivity index (χ0v) is 14.9. The number of nitrogens with one attached hydrogen (secondary N) is 2. The van der Waals surface area contributed by atoms with E-state index in [9.17, 15) is 18.4 Å². The third kappa shape index (κ3) is 4.17. The van der Waals surface area contributed by atoms with Gasteiger partial charge in [0.15, 0.2) is 11.6 Å². The molecule has 26 heavy (non-hydrogen) atoms. The van der Waals surface area contributed by atoms with Crippen LogP contribution in [0.4, 0.5) is 20.2 Å². The number of hydrogen-bond donors (Lipinski definition) is 2. The number of anilines is 2. The first-order valence-electron chi connectivity index (χ1n) is 7.87. The number of carbonyl (C=O) groups is 2. The zero-order valence-electron chi connectivity index (χ0n) is 14.9. The lowest BCUT2D eigenvalue weighted by Gasteiger charge is -2.23. The number of amides is 2. The van der Waals surface area contributed by atoms with Crippen LogP contribution in [0.1, 0.15) is 19.4 Å². The Morgan fingerprint density at radius 2 is 1.62 bits per heavy atom. The minimum Gasteiger partial charge on any atom is -0.495 e. The first kappa shape index (κ1) is 19.4. The smallest absolute Gasteiger partial charge is 0.239 e. The van der Waals surface area contributed by atoms with Crippen LogP contribution >= 0.6 is 0 Å². The number of benzene rings is 2. The third-order valence-corrected chi connectivity index (χ3v) is 3.92. The predicted octanol–water partition coefficient (Wildman–Crippen LogP) is 3.89. The number of ether oxygens (including phenoxy) is 1. The van der Waals surface area contributed by atoms with E-state index in [2.05, 4.69) is 10.6 Å². The van der Waals surface area contributed by atoms with Gasteiger partial charge in [0.25, 0.3) is 0 Å². The van der Waals surface area contributed by atoms with E-state index in [-0.39, 0.29) is 5.69 Å². The highest BCUT2D eigenvalue weighted by molar-refractivity contribution is 6.14. The fourth-order valence-electron chi connectivity index (χ4n) is 2.16. The Kier molecular flexibility index (Phi) is 5.59. The Morgan fingerprint density at radius 3 is 2.23 bits per heavy atom. The van der Waals surface area contributed by atoms with E-state index in [1.165, 1.54) is 27.0 Å². The molecule has 0 spiro atoms. The van der Waals surface area contributed by atoms with E-state index in [0.717, 1.165) is 17.7 Å². The van der Waals surface area contributed by atoms with Crippen molar-refractivity contribution >= 4 is 23.2 Å². The molecule has 0 bridgehead atoms. The molecular formula is C19H20F2N2O3. The van der Waals surface area contributed by atoms with Crippen molar-refractivity contribution in [2.24, 2.45) is 5.41 Å². The lowest BCUT2D eigenvalue weighted by molar-refractivity contribution is -0.135. The lowest BCUT2D eigenvalue weighted by atomic mass is 9.90. The molecule has 0 saturated carbocycles. The number of carbonyl (C=O) groups excluding carboxylic acids is 2. The molecule has 0 aromatic heterocycles. The zero-order chi connectivity index (χ0) is 19.5. The van der Waals surface area contributed by atoms with E-state index in [4.69, 9.17) is 4.74 Å². The number of methoxy groups -OCH3 is 1. The lowest BCUT2D eigenvalue weighted by Crippen LogP contribution is -2.41. The fourth-order valence-corrected chi connectivity index (χ4v) is 2.16. The maximum atomic E-state index is 13.3. The largest absolute Gasteiger partial charge is 0.495 e. The van der Waals surface area contributed by atoms with Gasteiger partial charge in [-0.2, -0.15) is 0 Å². The molecule has 2 N–H and O–H groups in total. The van der Waals surface area contributed by atoms with Gasteiger partial charge in [-0.25, -0.2) is 8.78 Å². The Hall–Kier alpha value is -2.96. The molecule has 5 nitrogen and oxygen atoms in total. The van der Waals surface area contributed by atoms with Crippen LogP contribution in [-0.4, -0.2) is 18.9 Å². The summed E-state index contributed by atoms with van der Waals surface area (Å²) < 4.78 is 31.5. The second kappa shape index (κ2) is 7.51. The van der Waals surface area contributed by atoms with Gasteiger partial charge in [0.1, 0.15) is 11.2 Å². The van der Waals surface area contributed by atoms with Crippen LogP contribution in [-0.2, 0) is 9.59 Å². The van der Waals surface area contributed by atoms with Gasteiger partial charge in [-0.15, -0.1) is 0 Å². The van der Waals surface area contributed by atoms with Crippen LogP contribution in [0.2, 0.25) is 0 Å². The van der Waals surface area contributed by atoms with Crippen molar-refractivity contribution in [3.05, 3.63) is 53.6 Å². The first-order chi connectivity index (χ1) is 12.1. The number of rotatable bonds is 5. The molecular weight excluding hydrogens is 342 g/mol. The summed E-state index contributed by atoms with van der Waals surface area (Å²) in [6, 6.07) is 8.23. The molecule has 0 atom stereocenters. The Balaban J connectivity index is 2.17. The van der Waals surface area contributed by atoms with Gasteiger partial charge in [-0.3, -0.25) is 9.59 Å². The molecule has 0 saturated heterocycles. The van der Waals surface area contributed by atoms with Gasteiger partial charge >= 0.3 is 0 Å². The third-order valence-electron chi connectivity index (χ3n) is 3.92. The molecule has 2 aromatic carbocycles. The van der Waals surface area contributed by atoms with Crippen LogP contribution in [0.15, 0.2) is 36.4 Å². The Morgan fingerprint density at radius 1 is 0.962 bits per heavy atom. The van der Waals surface area contributed by atoms with Crippen LogP contribution in [0.3, 0.4) is 0 Å². The van der Waals surface area contributed by atoms with Gasteiger partial charge < -0.3 is 15.4 Å². The second-order valence-corrected chi connectivity index (χ2v) is 6.37. The number of halogens is 2. The summed E-state index contributed by atoms with van der Waals surface area (Å²) in [6.07, 6.45) is 0.